The first kappa shape index (κ1) is 14.1. The average molecular weight is 317 g/mol. The predicted molar refractivity (Wildman–Crippen MR) is 76.2 cm³/mol. The zero-order chi connectivity index (χ0) is 14.0. The zero-order valence-electron chi connectivity index (χ0n) is 9.75. The van der Waals surface area contributed by atoms with Gasteiger partial charge in [-0.2, -0.15) is 0 Å². The molecule has 1 aromatic carbocycles. The van der Waals surface area contributed by atoms with Crippen molar-refractivity contribution >= 4 is 46.4 Å². The van der Waals surface area contributed by atoms with Crippen LogP contribution in [0.3, 0.4) is 0 Å². The molecule has 0 aliphatic carbocycles. The number of carbonyl (C=O) groups excluding carboxylic acids is 1. The maximum Gasteiger partial charge on any atom is 0.259 e. The summed E-state index contributed by atoms with van der Waals surface area (Å²) in [6, 6.07) is 6.66. The molecule has 98 valence electrons. The van der Waals surface area contributed by atoms with E-state index in [1.165, 1.54) is 6.07 Å². The van der Waals surface area contributed by atoms with Crippen LogP contribution in [0.5, 0.6) is 0 Å². The summed E-state index contributed by atoms with van der Waals surface area (Å²) < 4.78 is 0. The Morgan fingerprint density at radius 3 is 2.63 bits per heavy atom. The minimum atomic E-state index is -0.446. The summed E-state index contributed by atoms with van der Waals surface area (Å²) in [4.78, 5) is 12.1. The molecule has 0 bridgehead atoms. The van der Waals surface area contributed by atoms with Crippen molar-refractivity contribution in [2.24, 2.45) is 0 Å². The van der Waals surface area contributed by atoms with Crippen molar-refractivity contribution in [3.63, 3.8) is 0 Å². The van der Waals surface area contributed by atoms with Crippen molar-refractivity contribution in [1.82, 2.24) is 10.2 Å². The van der Waals surface area contributed by atoms with Crippen molar-refractivity contribution in [3.05, 3.63) is 50.7 Å². The highest BCUT2D eigenvalue weighted by Gasteiger charge is 2.15. The first-order chi connectivity index (χ1) is 8.99. The smallest absolute Gasteiger partial charge is 0.259 e. The van der Waals surface area contributed by atoms with Crippen LogP contribution in [0.4, 0.5) is 5.69 Å². The van der Waals surface area contributed by atoms with E-state index in [1.54, 1.807) is 12.1 Å². The molecule has 0 radical (unpaired) electrons. The van der Waals surface area contributed by atoms with E-state index >= 15 is 0 Å². The SMILES string of the molecule is Cc1cccc(Cl)c1NC(=O)c1cc(Cl)nnc1Cl. The molecule has 2 aromatic rings. The molecule has 1 heterocycles. The van der Waals surface area contributed by atoms with Gasteiger partial charge in [0.25, 0.3) is 5.91 Å². The van der Waals surface area contributed by atoms with Crippen molar-refractivity contribution < 1.29 is 4.79 Å². The lowest BCUT2D eigenvalue weighted by molar-refractivity contribution is 0.102. The van der Waals surface area contributed by atoms with E-state index in [0.29, 0.717) is 10.7 Å². The van der Waals surface area contributed by atoms with Gasteiger partial charge in [0, 0.05) is 0 Å². The molecule has 1 N–H and O–H groups in total. The number of carbonyl (C=O) groups is 1. The summed E-state index contributed by atoms with van der Waals surface area (Å²) in [5, 5.41) is 10.3. The summed E-state index contributed by atoms with van der Waals surface area (Å²) in [6.45, 7) is 1.83. The Morgan fingerprint density at radius 2 is 1.95 bits per heavy atom. The van der Waals surface area contributed by atoms with Crippen molar-refractivity contribution in [2.45, 2.75) is 6.92 Å². The number of anilines is 1. The number of aryl methyl sites for hydroxylation is 1. The fourth-order valence-electron chi connectivity index (χ4n) is 1.48. The predicted octanol–water partition coefficient (Wildman–Crippen LogP) is 4.00. The summed E-state index contributed by atoms with van der Waals surface area (Å²) in [5.41, 5.74) is 1.50. The van der Waals surface area contributed by atoms with Gasteiger partial charge in [-0.15, -0.1) is 10.2 Å². The first-order valence-corrected chi connectivity index (χ1v) is 6.37. The zero-order valence-corrected chi connectivity index (χ0v) is 12.0. The van der Waals surface area contributed by atoms with E-state index < -0.39 is 5.91 Å². The highest BCUT2D eigenvalue weighted by molar-refractivity contribution is 6.36. The van der Waals surface area contributed by atoms with Crippen LogP contribution in [-0.2, 0) is 0 Å². The number of nitrogens with one attached hydrogen (secondary N) is 1. The second kappa shape index (κ2) is 5.74. The lowest BCUT2D eigenvalue weighted by Crippen LogP contribution is -2.14. The van der Waals surface area contributed by atoms with Crippen molar-refractivity contribution in [1.29, 1.82) is 0 Å². The molecular formula is C12H8Cl3N3O. The van der Waals surface area contributed by atoms with Crippen LogP contribution in [0.1, 0.15) is 15.9 Å². The third-order valence-corrected chi connectivity index (χ3v) is 3.20. The quantitative estimate of drug-likeness (QED) is 0.911. The van der Waals surface area contributed by atoms with Gasteiger partial charge < -0.3 is 5.32 Å². The number of hydrogen-bond acceptors (Lipinski definition) is 3. The number of halogens is 3. The minimum absolute atomic E-state index is 0.0217. The Hall–Kier alpha value is -1.36. The Kier molecular flexibility index (Phi) is 4.24. The van der Waals surface area contributed by atoms with E-state index in [9.17, 15) is 4.79 Å². The van der Waals surface area contributed by atoms with Gasteiger partial charge >= 0.3 is 0 Å². The molecule has 0 spiro atoms. The summed E-state index contributed by atoms with van der Waals surface area (Å²) in [7, 11) is 0. The Labute approximate surface area is 124 Å². The van der Waals surface area contributed by atoms with E-state index in [0.717, 1.165) is 5.56 Å². The number of aromatic nitrogens is 2. The van der Waals surface area contributed by atoms with Crippen LogP contribution in [0, 0.1) is 6.92 Å². The molecule has 0 aliphatic rings. The number of para-hydroxylation sites is 1. The Bertz CT molecular complexity index is 626. The molecule has 0 fully saturated rings. The van der Waals surface area contributed by atoms with Crippen molar-refractivity contribution in [2.75, 3.05) is 5.32 Å². The first-order valence-electron chi connectivity index (χ1n) is 5.24. The molecule has 1 aromatic heterocycles. The number of benzene rings is 1. The second-order valence-corrected chi connectivity index (χ2v) is 4.91. The second-order valence-electron chi connectivity index (χ2n) is 3.76. The van der Waals surface area contributed by atoms with Crippen LogP contribution in [0.25, 0.3) is 0 Å². The molecule has 0 saturated heterocycles. The molecule has 7 heteroatoms. The third-order valence-electron chi connectivity index (χ3n) is 2.42. The lowest BCUT2D eigenvalue weighted by atomic mass is 10.2. The van der Waals surface area contributed by atoms with Gasteiger partial charge in [-0.05, 0) is 24.6 Å². The lowest BCUT2D eigenvalue weighted by Gasteiger charge is -2.10. The summed E-state index contributed by atoms with van der Waals surface area (Å²) in [5.74, 6) is -0.446. The highest BCUT2D eigenvalue weighted by atomic mass is 35.5. The maximum absolute atomic E-state index is 12.1. The standard InChI is InChI=1S/C12H8Cl3N3O/c1-6-3-2-4-8(13)10(6)16-12(19)7-5-9(14)17-18-11(7)15/h2-5H,1H3,(H,16,19). The summed E-state index contributed by atoms with van der Waals surface area (Å²) in [6.07, 6.45) is 0. The monoisotopic (exact) mass is 315 g/mol. The normalized spacial score (nSPS) is 10.3. The van der Waals surface area contributed by atoms with E-state index in [2.05, 4.69) is 15.5 Å². The maximum atomic E-state index is 12.1. The van der Waals surface area contributed by atoms with Crippen LogP contribution in [0.2, 0.25) is 15.3 Å². The third kappa shape index (κ3) is 3.15. The topological polar surface area (TPSA) is 54.9 Å². The van der Waals surface area contributed by atoms with Crippen LogP contribution >= 0.6 is 34.8 Å². The van der Waals surface area contributed by atoms with Gasteiger partial charge in [0.15, 0.2) is 10.3 Å². The molecule has 19 heavy (non-hydrogen) atoms. The Balaban J connectivity index is 2.34. The van der Waals surface area contributed by atoms with Gasteiger partial charge in [-0.3, -0.25) is 4.79 Å². The number of amides is 1. The van der Waals surface area contributed by atoms with Gasteiger partial charge in [0.1, 0.15) is 0 Å². The van der Waals surface area contributed by atoms with E-state index in [1.807, 2.05) is 13.0 Å². The molecule has 0 aliphatic heterocycles. The van der Waals surface area contributed by atoms with Gasteiger partial charge in [0.05, 0.1) is 16.3 Å². The number of nitrogens with zero attached hydrogens (tertiary/aromatic N) is 2. The molecule has 1 amide bonds. The Morgan fingerprint density at radius 1 is 1.21 bits per heavy atom. The largest absolute Gasteiger partial charge is 0.320 e. The van der Waals surface area contributed by atoms with Gasteiger partial charge in [0.2, 0.25) is 0 Å². The van der Waals surface area contributed by atoms with Gasteiger partial charge in [-0.1, -0.05) is 46.9 Å². The van der Waals surface area contributed by atoms with Crippen LogP contribution < -0.4 is 5.32 Å². The molecule has 0 unspecified atom stereocenters. The highest BCUT2D eigenvalue weighted by Crippen LogP contribution is 2.26. The molecule has 0 saturated carbocycles. The van der Waals surface area contributed by atoms with Crippen molar-refractivity contribution in [3.8, 4) is 0 Å². The molecule has 4 nitrogen and oxygen atoms in total. The van der Waals surface area contributed by atoms with E-state index in [4.69, 9.17) is 34.8 Å². The van der Waals surface area contributed by atoms with Crippen LogP contribution in [0.15, 0.2) is 24.3 Å². The fraction of sp³-hybridized carbons (Fsp3) is 0.0833. The van der Waals surface area contributed by atoms with Crippen LogP contribution in [-0.4, -0.2) is 16.1 Å². The summed E-state index contributed by atoms with van der Waals surface area (Å²) >= 11 is 17.5. The van der Waals surface area contributed by atoms with Gasteiger partial charge in [-0.25, -0.2) is 0 Å². The number of hydrogen-bond donors (Lipinski definition) is 1. The average Bonchev–Trinajstić information content (AvgIpc) is 2.37. The molecule has 2 rings (SSSR count). The molecular weight excluding hydrogens is 309 g/mol. The van der Waals surface area contributed by atoms with E-state index in [-0.39, 0.29) is 15.9 Å². The molecule has 0 atom stereocenters. The number of rotatable bonds is 2. The fourth-order valence-corrected chi connectivity index (χ4v) is 2.08. The minimum Gasteiger partial charge on any atom is -0.320 e.